The van der Waals surface area contributed by atoms with Gasteiger partial charge in [0.1, 0.15) is 5.69 Å². The number of para-hydroxylation sites is 3. The largest absolute Gasteiger partial charge is 0.452 e. The first-order valence-corrected chi connectivity index (χ1v) is 9.54. The number of aromatic nitrogens is 2. The average Bonchev–Trinajstić information content (AvgIpc) is 2.82. The van der Waals surface area contributed by atoms with Crippen molar-refractivity contribution < 1.29 is 19.2 Å². The van der Waals surface area contributed by atoms with E-state index in [0.29, 0.717) is 22.3 Å². The summed E-state index contributed by atoms with van der Waals surface area (Å²) < 4.78 is 5.19. The molecule has 158 valence electrons. The van der Waals surface area contributed by atoms with Crippen molar-refractivity contribution in [3.63, 3.8) is 0 Å². The van der Waals surface area contributed by atoms with E-state index in [0.717, 1.165) is 0 Å². The van der Waals surface area contributed by atoms with Gasteiger partial charge in [-0.3, -0.25) is 19.9 Å². The van der Waals surface area contributed by atoms with Crippen LogP contribution in [0.3, 0.4) is 0 Å². The Morgan fingerprint density at radius 1 is 0.969 bits per heavy atom. The van der Waals surface area contributed by atoms with E-state index >= 15 is 0 Å². The minimum atomic E-state index is -0.724. The number of anilines is 1. The van der Waals surface area contributed by atoms with Gasteiger partial charge in [0.15, 0.2) is 6.61 Å². The predicted octanol–water partition coefficient (Wildman–Crippen LogP) is 4.00. The predicted molar refractivity (Wildman–Crippen MR) is 117 cm³/mol. The Bertz CT molecular complexity index is 1320. The summed E-state index contributed by atoms with van der Waals surface area (Å²) in [6, 6.07) is 19.7. The fourth-order valence-corrected chi connectivity index (χ4v) is 3.12. The zero-order valence-corrected chi connectivity index (χ0v) is 16.6. The number of hydrogen-bond donors (Lipinski definition) is 1. The number of amides is 1. The van der Waals surface area contributed by atoms with Crippen LogP contribution in [-0.2, 0) is 9.53 Å². The molecule has 2 aromatic carbocycles. The Morgan fingerprint density at radius 3 is 2.50 bits per heavy atom. The van der Waals surface area contributed by atoms with Crippen molar-refractivity contribution in [1.29, 1.82) is 0 Å². The number of ether oxygens (including phenoxy) is 1. The molecule has 0 aliphatic carbocycles. The lowest BCUT2D eigenvalue weighted by atomic mass is 10.1. The number of carbonyl (C=O) groups is 2. The molecule has 0 spiro atoms. The minimum absolute atomic E-state index is 0.0188. The molecule has 9 heteroatoms. The summed E-state index contributed by atoms with van der Waals surface area (Å²) in [5.74, 6) is -1.42. The highest BCUT2D eigenvalue weighted by Crippen LogP contribution is 2.25. The molecule has 4 aromatic rings. The summed E-state index contributed by atoms with van der Waals surface area (Å²) in [5.41, 5.74) is 1.64. The highest BCUT2D eigenvalue weighted by molar-refractivity contribution is 6.05. The fourth-order valence-electron chi connectivity index (χ4n) is 3.12. The molecule has 9 nitrogen and oxygen atoms in total. The molecular weight excluding hydrogens is 412 g/mol. The van der Waals surface area contributed by atoms with Crippen LogP contribution in [-0.4, -0.2) is 33.4 Å². The first kappa shape index (κ1) is 20.6. The van der Waals surface area contributed by atoms with Gasteiger partial charge in [-0.25, -0.2) is 9.78 Å². The van der Waals surface area contributed by atoms with Crippen molar-refractivity contribution >= 4 is 34.2 Å². The van der Waals surface area contributed by atoms with Crippen LogP contribution in [0.1, 0.15) is 10.4 Å². The third-order valence-electron chi connectivity index (χ3n) is 4.57. The van der Waals surface area contributed by atoms with E-state index in [1.54, 1.807) is 54.7 Å². The molecular formula is C23H16N4O5. The second kappa shape index (κ2) is 9.00. The van der Waals surface area contributed by atoms with Crippen LogP contribution in [0.15, 0.2) is 79.0 Å². The molecule has 0 radical (unpaired) electrons. The minimum Gasteiger partial charge on any atom is -0.452 e. The van der Waals surface area contributed by atoms with Crippen LogP contribution in [0.2, 0.25) is 0 Å². The number of fused-ring (bicyclic) bond motifs is 1. The number of hydrogen-bond acceptors (Lipinski definition) is 7. The van der Waals surface area contributed by atoms with Crippen molar-refractivity contribution in [2.24, 2.45) is 0 Å². The molecule has 4 rings (SSSR count). The summed E-state index contributed by atoms with van der Waals surface area (Å²) >= 11 is 0. The highest BCUT2D eigenvalue weighted by Gasteiger charge is 2.19. The maximum atomic E-state index is 12.8. The molecule has 2 heterocycles. The van der Waals surface area contributed by atoms with Gasteiger partial charge in [-0.2, -0.15) is 0 Å². The van der Waals surface area contributed by atoms with Crippen LogP contribution in [0.5, 0.6) is 0 Å². The number of nitro groups is 1. The lowest BCUT2D eigenvalue weighted by Crippen LogP contribution is -2.21. The summed E-state index contributed by atoms with van der Waals surface area (Å²) in [4.78, 5) is 44.4. The normalized spacial score (nSPS) is 10.5. The standard InChI is InChI=1S/C23H16N4O5/c28-22(26-19-10-3-4-11-21(19)27(30)31)14-32-23(29)16-13-20(18-9-5-6-12-24-18)25-17-8-2-1-7-15(16)17/h1-13H,14H2,(H,26,28). The van der Waals surface area contributed by atoms with Gasteiger partial charge in [0.2, 0.25) is 0 Å². The molecule has 2 aromatic heterocycles. The van der Waals surface area contributed by atoms with Gasteiger partial charge >= 0.3 is 5.97 Å². The maximum absolute atomic E-state index is 12.8. The number of rotatable bonds is 6. The van der Waals surface area contributed by atoms with Crippen molar-refractivity contribution in [1.82, 2.24) is 9.97 Å². The summed E-state index contributed by atoms with van der Waals surface area (Å²) in [6.45, 7) is -0.611. The molecule has 0 fully saturated rings. The molecule has 0 aliphatic heterocycles. The van der Waals surface area contributed by atoms with Crippen LogP contribution in [0.4, 0.5) is 11.4 Å². The molecule has 0 saturated carbocycles. The van der Waals surface area contributed by atoms with E-state index < -0.39 is 23.4 Å². The van der Waals surface area contributed by atoms with Crippen LogP contribution in [0, 0.1) is 10.1 Å². The van der Waals surface area contributed by atoms with Gasteiger partial charge in [0.25, 0.3) is 11.6 Å². The number of benzene rings is 2. The van der Waals surface area contributed by atoms with Gasteiger partial charge in [-0.05, 0) is 30.3 Å². The molecule has 0 atom stereocenters. The fraction of sp³-hybridized carbons (Fsp3) is 0.0435. The zero-order chi connectivity index (χ0) is 22.5. The van der Waals surface area contributed by atoms with E-state index in [1.165, 1.54) is 18.2 Å². The second-order valence-electron chi connectivity index (χ2n) is 6.69. The monoisotopic (exact) mass is 428 g/mol. The number of esters is 1. The first-order valence-electron chi connectivity index (χ1n) is 9.54. The van der Waals surface area contributed by atoms with Gasteiger partial charge < -0.3 is 10.1 Å². The number of nitrogens with zero attached hydrogens (tertiary/aromatic N) is 3. The Morgan fingerprint density at radius 2 is 1.72 bits per heavy atom. The van der Waals surface area contributed by atoms with E-state index in [9.17, 15) is 19.7 Å². The number of carbonyl (C=O) groups excluding carboxylic acids is 2. The van der Waals surface area contributed by atoms with Crippen molar-refractivity contribution in [2.45, 2.75) is 0 Å². The zero-order valence-electron chi connectivity index (χ0n) is 16.6. The third-order valence-corrected chi connectivity index (χ3v) is 4.57. The van der Waals surface area contributed by atoms with Crippen LogP contribution in [0.25, 0.3) is 22.3 Å². The van der Waals surface area contributed by atoms with E-state index in [4.69, 9.17) is 4.74 Å². The van der Waals surface area contributed by atoms with Gasteiger partial charge in [-0.15, -0.1) is 0 Å². The highest BCUT2D eigenvalue weighted by atomic mass is 16.6. The quantitative estimate of drug-likeness (QED) is 0.280. The Balaban J connectivity index is 1.55. The molecule has 0 unspecified atom stereocenters. The smallest absolute Gasteiger partial charge is 0.339 e. The van der Waals surface area contributed by atoms with Crippen LogP contribution >= 0.6 is 0 Å². The Hall–Kier alpha value is -4.66. The second-order valence-corrected chi connectivity index (χ2v) is 6.69. The van der Waals surface area contributed by atoms with Gasteiger partial charge in [0.05, 0.1) is 27.4 Å². The van der Waals surface area contributed by atoms with Gasteiger partial charge in [0, 0.05) is 17.6 Å². The SMILES string of the molecule is O=C(COC(=O)c1cc(-c2ccccn2)nc2ccccc12)Nc1ccccc1[N+](=O)[O-]. The number of nitrogens with one attached hydrogen (secondary N) is 1. The number of nitro benzene ring substituents is 1. The molecule has 0 saturated heterocycles. The van der Waals surface area contributed by atoms with Crippen molar-refractivity contribution in [3.8, 4) is 11.4 Å². The summed E-state index contributed by atoms with van der Waals surface area (Å²) in [5, 5.41) is 14.0. The molecule has 32 heavy (non-hydrogen) atoms. The molecule has 1 amide bonds. The first-order chi connectivity index (χ1) is 15.5. The summed E-state index contributed by atoms with van der Waals surface area (Å²) in [6.07, 6.45) is 1.62. The van der Waals surface area contributed by atoms with Crippen molar-refractivity contribution in [2.75, 3.05) is 11.9 Å². The third kappa shape index (κ3) is 4.41. The average molecular weight is 428 g/mol. The lowest BCUT2D eigenvalue weighted by Gasteiger charge is -2.10. The van der Waals surface area contributed by atoms with Crippen LogP contribution < -0.4 is 5.32 Å². The maximum Gasteiger partial charge on any atom is 0.339 e. The van der Waals surface area contributed by atoms with E-state index in [1.807, 2.05) is 6.07 Å². The topological polar surface area (TPSA) is 124 Å². The number of pyridine rings is 2. The summed E-state index contributed by atoms with van der Waals surface area (Å²) in [7, 11) is 0. The van der Waals surface area contributed by atoms with Gasteiger partial charge in [-0.1, -0.05) is 36.4 Å². The molecule has 0 aliphatic rings. The Labute approximate surface area is 181 Å². The molecule has 1 N–H and O–H groups in total. The van der Waals surface area contributed by atoms with E-state index in [2.05, 4.69) is 15.3 Å². The Kier molecular flexibility index (Phi) is 5.80. The lowest BCUT2D eigenvalue weighted by molar-refractivity contribution is -0.383. The van der Waals surface area contributed by atoms with E-state index in [-0.39, 0.29) is 16.9 Å². The molecule has 0 bridgehead atoms. The van der Waals surface area contributed by atoms with Crippen molar-refractivity contribution in [3.05, 3.63) is 94.7 Å².